The standard InChI is InChI=1S/C17H15FN6S.C7H8FN/c18-12-3-1-11(2-4-12)16-22-21-15-10-23(6-7-24(15)16)17-19-9-14-13(20-17)5-8-25-14;1-9-7-4-2-3-6(8)5-7/h1-4,9H,5-8,10H2;2-5,9H,1H3. The molecule has 0 saturated carbocycles. The van der Waals surface area contributed by atoms with E-state index < -0.39 is 0 Å². The lowest BCUT2D eigenvalue weighted by Gasteiger charge is -2.28. The number of halogens is 2. The van der Waals surface area contributed by atoms with Crippen molar-refractivity contribution >= 4 is 23.4 Å². The molecule has 4 heterocycles. The summed E-state index contributed by atoms with van der Waals surface area (Å²) in [5, 5.41) is 11.5. The average Bonchev–Trinajstić information content (AvgIpc) is 3.51. The van der Waals surface area contributed by atoms with Gasteiger partial charge in [-0.05, 0) is 42.5 Å². The predicted molar refractivity (Wildman–Crippen MR) is 129 cm³/mol. The number of anilines is 2. The molecular weight excluding hydrogens is 456 g/mol. The van der Waals surface area contributed by atoms with E-state index in [1.807, 2.05) is 24.0 Å². The Morgan fingerprint density at radius 2 is 1.85 bits per heavy atom. The minimum absolute atomic E-state index is 0.207. The van der Waals surface area contributed by atoms with Crippen molar-refractivity contribution < 1.29 is 8.78 Å². The molecule has 0 unspecified atom stereocenters. The number of fused-ring (bicyclic) bond motifs is 2. The van der Waals surface area contributed by atoms with E-state index >= 15 is 0 Å². The van der Waals surface area contributed by atoms with Crippen LogP contribution < -0.4 is 10.2 Å². The van der Waals surface area contributed by atoms with Crippen LogP contribution in [0.3, 0.4) is 0 Å². The van der Waals surface area contributed by atoms with E-state index in [2.05, 4.69) is 30.0 Å². The number of hydrogen-bond acceptors (Lipinski definition) is 7. The lowest BCUT2D eigenvalue weighted by molar-refractivity contribution is 0.553. The van der Waals surface area contributed by atoms with Gasteiger partial charge in [0, 0.05) is 54.7 Å². The molecule has 2 aliphatic heterocycles. The molecule has 6 rings (SSSR count). The van der Waals surface area contributed by atoms with Crippen LogP contribution in [0.5, 0.6) is 0 Å². The molecule has 0 atom stereocenters. The van der Waals surface area contributed by atoms with Gasteiger partial charge in [0.15, 0.2) is 11.6 Å². The number of benzene rings is 2. The summed E-state index contributed by atoms with van der Waals surface area (Å²) in [6.07, 6.45) is 2.94. The molecule has 7 nitrogen and oxygen atoms in total. The Balaban J connectivity index is 0.000000227. The van der Waals surface area contributed by atoms with Crippen LogP contribution in [0.25, 0.3) is 11.4 Å². The minimum Gasteiger partial charge on any atom is -0.388 e. The van der Waals surface area contributed by atoms with Gasteiger partial charge in [0.2, 0.25) is 5.95 Å². The predicted octanol–water partition coefficient (Wildman–Crippen LogP) is 4.41. The van der Waals surface area contributed by atoms with Gasteiger partial charge >= 0.3 is 0 Å². The zero-order valence-electron chi connectivity index (χ0n) is 18.6. The SMILES string of the molecule is CNc1cccc(F)c1.Fc1ccc(-c2nnc3n2CCN(c2ncc4c(n2)CCS4)C3)cc1. The molecule has 0 spiro atoms. The summed E-state index contributed by atoms with van der Waals surface area (Å²) >= 11 is 1.82. The van der Waals surface area contributed by atoms with Crippen LogP contribution >= 0.6 is 11.8 Å². The summed E-state index contributed by atoms with van der Waals surface area (Å²) in [5.41, 5.74) is 2.82. The molecule has 34 heavy (non-hydrogen) atoms. The van der Waals surface area contributed by atoms with Crippen LogP contribution in [0.1, 0.15) is 11.5 Å². The van der Waals surface area contributed by atoms with E-state index in [1.54, 1.807) is 25.2 Å². The van der Waals surface area contributed by atoms with Crippen LogP contribution in [0.4, 0.5) is 20.4 Å². The highest BCUT2D eigenvalue weighted by Crippen LogP contribution is 2.31. The van der Waals surface area contributed by atoms with Gasteiger partial charge in [-0.15, -0.1) is 22.0 Å². The third kappa shape index (κ3) is 4.72. The summed E-state index contributed by atoms with van der Waals surface area (Å²) in [4.78, 5) is 12.6. The monoisotopic (exact) mass is 479 g/mol. The fourth-order valence-electron chi connectivity index (χ4n) is 3.89. The molecule has 4 aromatic rings. The Morgan fingerprint density at radius 1 is 1.00 bits per heavy atom. The summed E-state index contributed by atoms with van der Waals surface area (Å²) < 4.78 is 27.5. The van der Waals surface area contributed by atoms with E-state index in [9.17, 15) is 8.78 Å². The van der Waals surface area contributed by atoms with Crippen LogP contribution in [-0.2, 0) is 19.5 Å². The van der Waals surface area contributed by atoms with Crippen molar-refractivity contribution in [2.45, 2.75) is 24.4 Å². The quantitative estimate of drug-likeness (QED) is 0.467. The lowest BCUT2D eigenvalue weighted by atomic mass is 10.2. The summed E-state index contributed by atoms with van der Waals surface area (Å²) in [7, 11) is 1.76. The summed E-state index contributed by atoms with van der Waals surface area (Å²) in [5.74, 6) is 3.05. The first-order valence-corrected chi connectivity index (χ1v) is 11.9. The van der Waals surface area contributed by atoms with Gasteiger partial charge in [0.25, 0.3) is 0 Å². The maximum atomic E-state index is 13.1. The van der Waals surface area contributed by atoms with Gasteiger partial charge in [0.05, 0.1) is 12.2 Å². The van der Waals surface area contributed by atoms with E-state index in [-0.39, 0.29) is 11.6 Å². The van der Waals surface area contributed by atoms with E-state index in [1.165, 1.54) is 29.2 Å². The lowest BCUT2D eigenvalue weighted by Crippen LogP contribution is -2.35. The maximum Gasteiger partial charge on any atom is 0.226 e. The molecule has 2 aromatic heterocycles. The Labute approximate surface area is 200 Å². The van der Waals surface area contributed by atoms with E-state index in [0.717, 1.165) is 59.8 Å². The van der Waals surface area contributed by atoms with Gasteiger partial charge in [0.1, 0.15) is 11.6 Å². The van der Waals surface area contributed by atoms with Crippen molar-refractivity contribution in [1.29, 1.82) is 0 Å². The van der Waals surface area contributed by atoms with Crippen LogP contribution in [0, 0.1) is 11.6 Å². The minimum atomic E-state index is -0.250. The van der Waals surface area contributed by atoms with E-state index in [0.29, 0.717) is 6.54 Å². The van der Waals surface area contributed by atoms with Crippen molar-refractivity contribution in [2.75, 3.05) is 29.6 Å². The van der Waals surface area contributed by atoms with Crippen molar-refractivity contribution in [3.05, 3.63) is 77.9 Å². The molecule has 1 N–H and O–H groups in total. The normalized spacial score (nSPS) is 14.1. The highest BCUT2D eigenvalue weighted by Gasteiger charge is 2.24. The first-order valence-electron chi connectivity index (χ1n) is 11.0. The number of thioether (sulfide) groups is 1. The molecule has 0 radical (unpaired) electrons. The first kappa shape index (κ1) is 22.3. The van der Waals surface area contributed by atoms with Gasteiger partial charge < -0.3 is 14.8 Å². The third-order valence-electron chi connectivity index (χ3n) is 5.66. The molecule has 0 saturated heterocycles. The van der Waals surface area contributed by atoms with Crippen molar-refractivity contribution in [1.82, 2.24) is 24.7 Å². The highest BCUT2D eigenvalue weighted by molar-refractivity contribution is 7.99. The average molecular weight is 480 g/mol. The smallest absolute Gasteiger partial charge is 0.226 e. The molecule has 174 valence electrons. The maximum absolute atomic E-state index is 13.1. The topological polar surface area (TPSA) is 71.8 Å². The fourth-order valence-corrected chi connectivity index (χ4v) is 4.85. The number of nitrogens with one attached hydrogen (secondary N) is 1. The second kappa shape index (κ2) is 9.76. The Bertz CT molecular complexity index is 1290. The van der Waals surface area contributed by atoms with Crippen molar-refractivity contribution in [3.8, 4) is 11.4 Å². The molecule has 0 fully saturated rings. The molecule has 0 aliphatic carbocycles. The number of aryl methyl sites for hydroxylation is 1. The van der Waals surface area contributed by atoms with Gasteiger partial charge in [-0.25, -0.2) is 18.7 Å². The Morgan fingerprint density at radius 3 is 2.62 bits per heavy atom. The second-order valence-corrected chi connectivity index (χ2v) is 9.00. The molecule has 0 amide bonds. The van der Waals surface area contributed by atoms with Crippen LogP contribution in [-0.4, -0.2) is 44.1 Å². The zero-order valence-corrected chi connectivity index (χ0v) is 19.4. The summed E-state index contributed by atoms with van der Waals surface area (Å²) in [6.45, 7) is 2.18. The number of hydrogen-bond donors (Lipinski definition) is 1. The molecule has 10 heteroatoms. The fraction of sp³-hybridized carbons (Fsp3) is 0.250. The van der Waals surface area contributed by atoms with Crippen molar-refractivity contribution in [2.24, 2.45) is 0 Å². The van der Waals surface area contributed by atoms with Gasteiger partial charge in [-0.3, -0.25) is 0 Å². The molecule has 0 bridgehead atoms. The second-order valence-electron chi connectivity index (χ2n) is 7.86. The van der Waals surface area contributed by atoms with Crippen molar-refractivity contribution in [3.63, 3.8) is 0 Å². The molecular formula is C24H23F2N7S. The number of rotatable bonds is 3. The third-order valence-corrected chi connectivity index (χ3v) is 6.73. The highest BCUT2D eigenvalue weighted by atomic mass is 32.2. The zero-order chi connectivity index (χ0) is 23.5. The first-order chi connectivity index (χ1) is 16.6. The van der Waals surface area contributed by atoms with Gasteiger partial charge in [-0.1, -0.05) is 6.07 Å². The van der Waals surface area contributed by atoms with Crippen LogP contribution in [0.15, 0.2) is 59.6 Å². The number of aromatic nitrogens is 5. The van der Waals surface area contributed by atoms with Gasteiger partial charge in [-0.2, -0.15) is 0 Å². The Kier molecular flexibility index (Phi) is 6.39. The largest absolute Gasteiger partial charge is 0.388 e. The Hall–Kier alpha value is -3.53. The summed E-state index contributed by atoms with van der Waals surface area (Å²) in [6, 6.07) is 12.7. The molecule has 2 aromatic carbocycles. The molecule has 2 aliphatic rings. The number of nitrogens with zero attached hydrogens (tertiary/aromatic N) is 6. The van der Waals surface area contributed by atoms with E-state index in [4.69, 9.17) is 4.98 Å². The van der Waals surface area contributed by atoms with Crippen LogP contribution in [0.2, 0.25) is 0 Å².